The number of hydrogen-bond donors (Lipinski definition) is 2. The van der Waals surface area contributed by atoms with E-state index >= 15 is 0 Å². The van der Waals surface area contributed by atoms with Crippen LogP contribution in [-0.4, -0.2) is 24.3 Å². The summed E-state index contributed by atoms with van der Waals surface area (Å²) in [6.07, 6.45) is 2.19. The van der Waals surface area contributed by atoms with Gasteiger partial charge in [0.2, 0.25) is 10.0 Å². The molecule has 0 bridgehead atoms. The fraction of sp³-hybridized carbons (Fsp3) is 0.308. The highest BCUT2D eigenvalue weighted by Crippen LogP contribution is 2.36. The van der Waals surface area contributed by atoms with E-state index in [4.69, 9.17) is 5.84 Å². The van der Waals surface area contributed by atoms with Gasteiger partial charge in [0.15, 0.2) is 0 Å². The fourth-order valence-corrected chi connectivity index (χ4v) is 5.19. The van der Waals surface area contributed by atoms with Crippen LogP contribution in [0.4, 0.5) is 5.82 Å². The summed E-state index contributed by atoms with van der Waals surface area (Å²) < 4.78 is 27.2. The molecule has 21 heavy (non-hydrogen) atoms. The Bertz CT molecular complexity index is 757. The van der Waals surface area contributed by atoms with Crippen molar-refractivity contribution in [2.75, 3.05) is 12.0 Å². The van der Waals surface area contributed by atoms with Gasteiger partial charge in [0.25, 0.3) is 0 Å². The lowest BCUT2D eigenvalue weighted by Gasteiger charge is -2.32. The maximum Gasteiger partial charge on any atom is 0.243 e. The highest BCUT2D eigenvalue weighted by atomic mass is 32.2. The number of nitrogen functional groups attached to an aromatic ring is 1. The fourth-order valence-electron chi connectivity index (χ4n) is 2.60. The largest absolute Gasteiger partial charge is 0.308 e. The number of rotatable bonds is 3. The Morgan fingerprint density at radius 1 is 1.48 bits per heavy atom. The van der Waals surface area contributed by atoms with Gasteiger partial charge in [0.05, 0.1) is 4.90 Å². The zero-order chi connectivity index (χ0) is 15.0. The maximum atomic E-state index is 12.8. The predicted octanol–water partition coefficient (Wildman–Crippen LogP) is 1.74. The van der Waals surface area contributed by atoms with Crippen molar-refractivity contribution in [3.63, 3.8) is 0 Å². The van der Waals surface area contributed by atoms with Gasteiger partial charge in [-0.3, -0.25) is 0 Å². The number of nitrogens with two attached hydrogens (primary N) is 1. The molecule has 3 heterocycles. The Morgan fingerprint density at radius 3 is 3.05 bits per heavy atom. The minimum atomic E-state index is -3.56. The summed E-state index contributed by atoms with van der Waals surface area (Å²) in [5.41, 5.74) is 3.47. The highest BCUT2D eigenvalue weighted by Gasteiger charge is 2.34. The van der Waals surface area contributed by atoms with Gasteiger partial charge in [0, 0.05) is 29.7 Å². The highest BCUT2D eigenvalue weighted by molar-refractivity contribution is 7.89. The Hall–Kier alpha value is -1.48. The van der Waals surface area contributed by atoms with Crippen molar-refractivity contribution in [3.8, 4) is 0 Å². The Kier molecular flexibility index (Phi) is 3.70. The van der Waals surface area contributed by atoms with E-state index in [-0.39, 0.29) is 10.9 Å². The molecule has 0 radical (unpaired) electrons. The maximum absolute atomic E-state index is 12.8. The van der Waals surface area contributed by atoms with Crippen LogP contribution in [-0.2, 0) is 16.4 Å². The molecule has 3 N–H and O–H groups in total. The van der Waals surface area contributed by atoms with Crippen LogP contribution < -0.4 is 11.3 Å². The molecule has 0 aliphatic carbocycles. The van der Waals surface area contributed by atoms with Gasteiger partial charge < -0.3 is 5.43 Å². The molecule has 2 aromatic heterocycles. The van der Waals surface area contributed by atoms with Crippen molar-refractivity contribution in [2.24, 2.45) is 5.84 Å². The molecule has 8 heteroatoms. The molecule has 6 nitrogen and oxygen atoms in total. The number of aromatic nitrogens is 1. The number of pyridine rings is 1. The van der Waals surface area contributed by atoms with Crippen LogP contribution in [0.1, 0.15) is 23.4 Å². The van der Waals surface area contributed by atoms with E-state index in [2.05, 4.69) is 10.4 Å². The molecule has 112 valence electrons. The van der Waals surface area contributed by atoms with Crippen molar-refractivity contribution in [1.29, 1.82) is 0 Å². The summed E-state index contributed by atoms with van der Waals surface area (Å²) in [5.74, 6) is 5.63. The lowest BCUT2D eigenvalue weighted by molar-refractivity contribution is 0.329. The summed E-state index contributed by atoms with van der Waals surface area (Å²) in [7, 11) is -3.56. The number of hydrogen-bond acceptors (Lipinski definition) is 6. The summed E-state index contributed by atoms with van der Waals surface area (Å²) in [4.78, 5) is 5.42. The standard InChI is InChI=1S/C13H16N4O2S2/c1-9-11-4-7-20-12(11)3-6-17(9)21(18,19)10-2-5-15-13(8-10)16-14/h2,4-5,7-9H,3,6,14H2,1H3,(H,15,16). The smallest absolute Gasteiger partial charge is 0.243 e. The topological polar surface area (TPSA) is 88.3 Å². The molecule has 0 spiro atoms. The lowest BCUT2D eigenvalue weighted by atomic mass is 10.0. The van der Waals surface area contributed by atoms with Gasteiger partial charge in [-0.1, -0.05) is 0 Å². The molecule has 0 amide bonds. The minimum Gasteiger partial charge on any atom is -0.308 e. The molecule has 1 unspecified atom stereocenters. The molecule has 0 fully saturated rings. The van der Waals surface area contributed by atoms with Gasteiger partial charge in [-0.2, -0.15) is 4.31 Å². The van der Waals surface area contributed by atoms with Crippen molar-refractivity contribution in [1.82, 2.24) is 9.29 Å². The summed E-state index contributed by atoms with van der Waals surface area (Å²) in [6.45, 7) is 2.41. The van der Waals surface area contributed by atoms with E-state index in [0.717, 1.165) is 12.0 Å². The molecule has 1 atom stereocenters. The first-order chi connectivity index (χ1) is 10.0. The molecular formula is C13H16N4O2S2. The van der Waals surface area contributed by atoms with Gasteiger partial charge in [0.1, 0.15) is 5.82 Å². The van der Waals surface area contributed by atoms with Crippen LogP contribution in [0.2, 0.25) is 0 Å². The third-order valence-corrected chi connectivity index (χ3v) is 6.67. The number of sulfonamides is 1. The zero-order valence-corrected chi connectivity index (χ0v) is 13.1. The summed E-state index contributed by atoms with van der Waals surface area (Å²) in [6, 6.07) is 4.79. The average molecular weight is 324 g/mol. The van der Waals surface area contributed by atoms with E-state index in [1.165, 1.54) is 27.5 Å². The molecule has 3 rings (SSSR count). The molecule has 1 aliphatic rings. The van der Waals surface area contributed by atoms with Crippen LogP contribution in [0.3, 0.4) is 0 Å². The first kappa shape index (κ1) is 14.5. The third kappa shape index (κ3) is 2.44. The lowest BCUT2D eigenvalue weighted by Crippen LogP contribution is -2.38. The van der Waals surface area contributed by atoms with E-state index in [1.54, 1.807) is 11.3 Å². The summed E-state index contributed by atoms with van der Waals surface area (Å²) in [5, 5.41) is 2.01. The minimum absolute atomic E-state index is 0.160. The SMILES string of the molecule is CC1c2ccsc2CCN1S(=O)(=O)c1ccnc(NN)c1. The first-order valence-electron chi connectivity index (χ1n) is 6.55. The van der Waals surface area contributed by atoms with Gasteiger partial charge in [-0.05, 0) is 36.4 Å². The van der Waals surface area contributed by atoms with E-state index < -0.39 is 10.0 Å². The van der Waals surface area contributed by atoms with Crippen LogP contribution in [0.15, 0.2) is 34.7 Å². The second-order valence-corrected chi connectivity index (χ2v) is 7.75. The second-order valence-electron chi connectivity index (χ2n) is 4.86. The Labute approximate surface area is 127 Å². The molecule has 1 aliphatic heterocycles. The average Bonchev–Trinajstić information content (AvgIpc) is 2.97. The summed E-state index contributed by atoms with van der Waals surface area (Å²) >= 11 is 1.69. The molecule has 0 saturated carbocycles. The number of nitrogens with one attached hydrogen (secondary N) is 1. The normalized spacial score (nSPS) is 19.2. The number of hydrazine groups is 1. The van der Waals surface area contributed by atoms with E-state index in [9.17, 15) is 8.42 Å². The number of thiophene rings is 1. The number of anilines is 1. The quantitative estimate of drug-likeness (QED) is 0.663. The molecule has 2 aromatic rings. The van der Waals surface area contributed by atoms with Crippen molar-refractivity contribution >= 4 is 27.2 Å². The Morgan fingerprint density at radius 2 is 2.29 bits per heavy atom. The second kappa shape index (κ2) is 5.38. The third-order valence-electron chi connectivity index (χ3n) is 3.71. The molecule has 0 aromatic carbocycles. The van der Waals surface area contributed by atoms with Gasteiger partial charge in [-0.15, -0.1) is 11.3 Å². The van der Waals surface area contributed by atoms with Crippen LogP contribution in [0.5, 0.6) is 0 Å². The Balaban J connectivity index is 1.99. The number of fused-ring (bicyclic) bond motifs is 1. The van der Waals surface area contributed by atoms with Crippen molar-refractivity contribution in [2.45, 2.75) is 24.3 Å². The van der Waals surface area contributed by atoms with Crippen molar-refractivity contribution in [3.05, 3.63) is 40.2 Å². The molecule has 0 saturated heterocycles. The number of nitrogens with zero attached hydrogens (tertiary/aromatic N) is 2. The van der Waals surface area contributed by atoms with Gasteiger partial charge in [-0.25, -0.2) is 19.2 Å². The van der Waals surface area contributed by atoms with Crippen LogP contribution in [0, 0.1) is 0 Å². The monoisotopic (exact) mass is 324 g/mol. The van der Waals surface area contributed by atoms with Gasteiger partial charge >= 0.3 is 0 Å². The van der Waals surface area contributed by atoms with E-state index in [0.29, 0.717) is 12.4 Å². The van der Waals surface area contributed by atoms with Crippen molar-refractivity contribution < 1.29 is 8.42 Å². The molecular weight excluding hydrogens is 308 g/mol. The van der Waals surface area contributed by atoms with Crippen LogP contribution >= 0.6 is 11.3 Å². The predicted molar refractivity (Wildman–Crippen MR) is 82.4 cm³/mol. The van der Waals surface area contributed by atoms with E-state index in [1.807, 2.05) is 18.4 Å². The first-order valence-corrected chi connectivity index (χ1v) is 8.87. The zero-order valence-electron chi connectivity index (χ0n) is 11.5. The van der Waals surface area contributed by atoms with Crippen LogP contribution in [0.25, 0.3) is 0 Å².